The highest BCUT2D eigenvalue weighted by atomic mass is 32.2. The van der Waals surface area contributed by atoms with Crippen molar-refractivity contribution in [3.63, 3.8) is 0 Å². The molecule has 0 radical (unpaired) electrons. The molecule has 0 aromatic heterocycles. The van der Waals surface area contributed by atoms with E-state index in [9.17, 15) is 18.0 Å². The average Bonchev–Trinajstić information content (AvgIpc) is 2.81. The zero-order valence-electron chi connectivity index (χ0n) is 20.1. The minimum absolute atomic E-state index is 0.0991. The summed E-state index contributed by atoms with van der Waals surface area (Å²) in [4.78, 5) is 26.5. The van der Waals surface area contributed by atoms with Crippen LogP contribution in [0.1, 0.15) is 26.3 Å². The molecule has 0 spiro atoms. The lowest BCUT2D eigenvalue weighted by atomic mass is 10.1. The van der Waals surface area contributed by atoms with Gasteiger partial charge in [-0.2, -0.15) is 4.72 Å². The maximum Gasteiger partial charge on any atom is 0.245 e. The molecule has 2 aromatic carbocycles. The van der Waals surface area contributed by atoms with Crippen molar-refractivity contribution >= 4 is 27.5 Å². The fourth-order valence-corrected chi connectivity index (χ4v) is 4.85. The molecule has 1 atom stereocenters. The van der Waals surface area contributed by atoms with E-state index in [4.69, 9.17) is 4.74 Å². The van der Waals surface area contributed by atoms with Gasteiger partial charge in [0.25, 0.3) is 0 Å². The van der Waals surface area contributed by atoms with Crippen molar-refractivity contribution in [1.82, 2.24) is 14.9 Å². The summed E-state index contributed by atoms with van der Waals surface area (Å²) < 4.78 is 34.4. The third-order valence-electron chi connectivity index (χ3n) is 5.29. The van der Waals surface area contributed by atoms with E-state index < -0.39 is 22.0 Å². The summed E-state index contributed by atoms with van der Waals surface area (Å²) in [6.07, 6.45) is 0.172. The molecule has 0 saturated carbocycles. The van der Waals surface area contributed by atoms with Gasteiger partial charge in [-0.05, 0) is 43.3 Å². The van der Waals surface area contributed by atoms with E-state index >= 15 is 0 Å². The van der Waals surface area contributed by atoms with Crippen molar-refractivity contribution in [3.8, 4) is 5.75 Å². The molecule has 34 heavy (non-hydrogen) atoms. The number of nitrogens with one attached hydrogen (secondary N) is 3. The van der Waals surface area contributed by atoms with Crippen LogP contribution >= 0.6 is 0 Å². The van der Waals surface area contributed by atoms with Crippen LogP contribution in [0.4, 0.5) is 5.69 Å². The van der Waals surface area contributed by atoms with Crippen molar-refractivity contribution in [2.75, 3.05) is 38.6 Å². The molecule has 3 N–H and O–H groups in total. The zero-order chi connectivity index (χ0) is 25.1. The molecule has 0 fully saturated rings. The minimum atomic E-state index is -4.17. The molecule has 186 valence electrons. The number of amides is 2. The van der Waals surface area contributed by atoms with Crippen molar-refractivity contribution < 1.29 is 22.7 Å². The van der Waals surface area contributed by atoms with Gasteiger partial charge >= 0.3 is 0 Å². The molecule has 2 aromatic rings. The van der Waals surface area contributed by atoms with Crippen LogP contribution in [0.5, 0.6) is 5.75 Å². The molecule has 0 aliphatic heterocycles. The first kappa shape index (κ1) is 27.3. The van der Waals surface area contributed by atoms with Gasteiger partial charge in [-0.1, -0.05) is 44.2 Å². The fraction of sp³-hybridized carbons (Fsp3) is 0.417. The monoisotopic (exact) mass is 490 g/mol. The van der Waals surface area contributed by atoms with E-state index in [1.54, 1.807) is 6.07 Å². The number of ether oxygens (including phenoxy) is 1. The Balaban J connectivity index is 2.30. The van der Waals surface area contributed by atoms with Crippen LogP contribution in [0.3, 0.4) is 0 Å². The van der Waals surface area contributed by atoms with E-state index in [1.807, 2.05) is 44.2 Å². The standard InChI is InChI=1S/C24H34N4O5S/c1-5-28(6-2)15-14-25-24(30)21(16-19-10-8-7-9-11-19)27-34(31,32)23-17-20(26-18(3)29)12-13-22(23)33-4/h7-13,17,21,27H,5-6,14-16H2,1-4H3,(H,25,30)(H,26,29). The van der Waals surface area contributed by atoms with Crippen molar-refractivity contribution in [2.45, 2.75) is 38.1 Å². The van der Waals surface area contributed by atoms with Gasteiger partial charge in [0.2, 0.25) is 21.8 Å². The van der Waals surface area contributed by atoms with Crippen LogP contribution in [0.2, 0.25) is 0 Å². The lowest BCUT2D eigenvalue weighted by Gasteiger charge is -2.22. The maximum atomic E-state index is 13.3. The third kappa shape index (κ3) is 8.12. The van der Waals surface area contributed by atoms with Crippen LogP contribution in [-0.2, 0) is 26.0 Å². The highest BCUT2D eigenvalue weighted by molar-refractivity contribution is 7.89. The number of hydrogen-bond acceptors (Lipinski definition) is 6. The molecule has 2 amide bonds. The van der Waals surface area contributed by atoms with Crippen LogP contribution in [-0.4, -0.2) is 64.5 Å². The Kier molecular flexibility index (Phi) is 10.5. The summed E-state index contributed by atoms with van der Waals surface area (Å²) in [7, 11) is -2.82. The Hall–Kier alpha value is -2.95. The van der Waals surface area contributed by atoms with Crippen molar-refractivity contribution in [1.29, 1.82) is 0 Å². The van der Waals surface area contributed by atoms with E-state index in [2.05, 4.69) is 20.3 Å². The first-order valence-electron chi connectivity index (χ1n) is 11.2. The molecule has 2 rings (SSSR count). The summed E-state index contributed by atoms with van der Waals surface area (Å²) in [5.74, 6) is -0.658. The molecule has 0 aliphatic rings. The Labute approximate surface area is 201 Å². The third-order valence-corrected chi connectivity index (χ3v) is 6.78. The minimum Gasteiger partial charge on any atom is -0.495 e. The Morgan fingerprint density at radius 1 is 1.06 bits per heavy atom. The van der Waals surface area contributed by atoms with Crippen molar-refractivity contribution in [2.24, 2.45) is 0 Å². The van der Waals surface area contributed by atoms with E-state index in [1.165, 1.54) is 26.2 Å². The highest BCUT2D eigenvalue weighted by Crippen LogP contribution is 2.27. The lowest BCUT2D eigenvalue weighted by Crippen LogP contribution is -2.49. The SMILES string of the molecule is CCN(CC)CCNC(=O)C(Cc1ccccc1)NS(=O)(=O)c1cc(NC(C)=O)ccc1OC. The Bertz CT molecular complexity index is 1060. The maximum absolute atomic E-state index is 13.3. The van der Waals surface area contributed by atoms with Crippen LogP contribution in [0.25, 0.3) is 0 Å². The quantitative estimate of drug-likeness (QED) is 0.395. The second-order valence-electron chi connectivity index (χ2n) is 7.73. The number of methoxy groups -OCH3 is 1. The summed E-state index contributed by atoms with van der Waals surface area (Å²) in [5.41, 5.74) is 1.12. The first-order valence-corrected chi connectivity index (χ1v) is 12.7. The van der Waals surface area contributed by atoms with Gasteiger partial charge in [0, 0.05) is 25.7 Å². The number of rotatable bonds is 13. The van der Waals surface area contributed by atoms with Gasteiger partial charge in [0.05, 0.1) is 7.11 Å². The molecule has 9 nitrogen and oxygen atoms in total. The Morgan fingerprint density at radius 3 is 2.32 bits per heavy atom. The normalized spacial score (nSPS) is 12.3. The molecule has 0 saturated heterocycles. The van der Waals surface area contributed by atoms with Gasteiger partial charge < -0.3 is 20.3 Å². The number of hydrogen-bond donors (Lipinski definition) is 3. The summed E-state index contributed by atoms with van der Waals surface area (Å²) in [5, 5.41) is 5.41. The zero-order valence-corrected chi connectivity index (χ0v) is 20.9. The van der Waals surface area contributed by atoms with E-state index in [-0.39, 0.29) is 23.0 Å². The highest BCUT2D eigenvalue weighted by Gasteiger charge is 2.28. The summed E-state index contributed by atoms with van der Waals surface area (Å²) >= 11 is 0. The number of likely N-dealkylation sites (N-methyl/N-ethyl adjacent to an activating group) is 1. The van der Waals surface area contributed by atoms with Gasteiger partial charge in [0.15, 0.2) is 0 Å². The van der Waals surface area contributed by atoms with Crippen LogP contribution in [0, 0.1) is 0 Å². The second kappa shape index (κ2) is 13.1. The molecule has 0 bridgehead atoms. The van der Waals surface area contributed by atoms with Crippen LogP contribution in [0.15, 0.2) is 53.4 Å². The predicted octanol–water partition coefficient (Wildman–Crippen LogP) is 2.00. The topological polar surface area (TPSA) is 117 Å². The number of sulfonamides is 1. The summed E-state index contributed by atoms with van der Waals surface area (Å²) in [6.45, 7) is 8.19. The Morgan fingerprint density at radius 2 is 1.74 bits per heavy atom. The first-order chi connectivity index (χ1) is 16.2. The molecule has 1 unspecified atom stereocenters. The molecule has 0 heterocycles. The number of benzene rings is 2. The number of anilines is 1. The van der Waals surface area contributed by atoms with Crippen LogP contribution < -0.4 is 20.1 Å². The summed E-state index contributed by atoms with van der Waals surface area (Å²) in [6, 6.07) is 12.4. The van der Waals surface area contributed by atoms with Gasteiger partial charge in [-0.25, -0.2) is 8.42 Å². The smallest absolute Gasteiger partial charge is 0.245 e. The van der Waals surface area contributed by atoms with E-state index in [0.717, 1.165) is 18.7 Å². The van der Waals surface area contributed by atoms with Crippen molar-refractivity contribution in [3.05, 3.63) is 54.1 Å². The fourth-order valence-electron chi connectivity index (χ4n) is 3.46. The van der Waals surface area contributed by atoms with Gasteiger partial charge in [0.1, 0.15) is 16.7 Å². The number of carbonyl (C=O) groups excluding carboxylic acids is 2. The molecule has 10 heteroatoms. The molecular weight excluding hydrogens is 456 g/mol. The largest absolute Gasteiger partial charge is 0.495 e. The predicted molar refractivity (Wildman–Crippen MR) is 132 cm³/mol. The number of carbonyl (C=O) groups is 2. The lowest BCUT2D eigenvalue weighted by molar-refractivity contribution is -0.122. The van der Waals surface area contributed by atoms with Gasteiger partial charge in [-0.3, -0.25) is 9.59 Å². The van der Waals surface area contributed by atoms with E-state index in [0.29, 0.717) is 18.8 Å². The molecular formula is C24H34N4O5S. The average molecular weight is 491 g/mol. The number of nitrogens with zero attached hydrogens (tertiary/aromatic N) is 1. The van der Waals surface area contributed by atoms with Gasteiger partial charge in [-0.15, -0.1) is 0 Å². The second-order valence-corrected chi connectivity index (χ2v) is 9.41. The molecule has 0 aliphatic carbocycles.